The van der Waals surface area contributed by atoms with E-state index in [0.717, 1.165) is 90.6 Å². The summed E-state index contributed by atoms with van der Waals surface area (Å²) < 4.78 is 0. The molecule has 12 heteroatoms. The number of nitrogens with zero attached hydrogens (tertiary/aromatic N) is 6. The molecule has 0 radical (unpaired) electrons. The van der Waals surface area contributed by atoms with E-state index in [9.17, 15) is 0 Å². The Balaban J connectivity index is 0.00000122. The molecule has 54 heavy (non-hydrogen) atoms. The molecule has 5 aromatic rings. The minimum atomic E-state index is 0.382. The van der Waals surface area contributed by atoms with Crippen LogP contribution in [0.25, 0.3) is 0 Å². The van der Waals surface area contributed by atoms with Crippen LogP contribution in [0.3, 0.4) is 0 Å². The van der Waals surface area contributed by atoms with Crippen LogP contribution >= 0.6 is 40.6 Å². The average molecular weight is 893 g/mol. The molecule has 288 valence electrons. The summed E-state index contributed by atoms with van der Waals surface area (Å²) in [4.78, 5) is 29.5. The van der Waals surface area contributed by atoms with Gasteiger partial charge >= 0.3 is 66.4 Å². The second-order valence-corrected chi connectivity index (χ2v) is 16.1. The van der Waals surface area contributed by atoms with Crippen LogP contribution in [0, 0.1) is 41.5 Å². The van der Waals surface area contributed by atoms with Crippen molar-refractivity contribution in [3.63, 3.8) is 0 Å². The second kappa shape index (κ2) is 22.4. The second-order valence-electron chi connectivity index (χ2n) is 12.7. The Morgan fingerprint density at radius 3 is 0.944 bits per heavy atom. The number of halogens is 4. The molecular weight excluding hydrogens is 848 g/mol. The summed E-state index contributed by atoms with van der Waals surface area (Å²) in [6.45, 7) is 20.5. The van der Waals surface area contributed by atoms with Gasteiger partial charge in [-0.15, -0.1) is 0 Å². The Hall–Kier alpha value is -3.19. The number of aryl methyl sites for hydroxylation is 6. The molecule has 0 unspecified atom stereocenters. The number of hydrogen-bond donors (Lipinski definition) is 0. The van der Waals surface area contributed by atoms with Crippen molar-refractivity contribution in [1.29, 1.82) is 0 Å². The first kappa shape index (κ1) is 45.2. The summed E-state index contributed by atoms with van der Waals surface area (Å²) in [7, 11) is 18.9. The van der Waals surface area contributed by atoms with Crippen molar-refractivity contribution in [3.8, 4) is 0 Å². The molecular formula is C42H44Cl4Co2N6. The Labute approximate surface area is 349 Å². The molecule has 0 bridgehead atoms. The van der Waals surface area contributed by atoms with E-state index in [2.05, 4.69) is 90.1 Å². The summed E-state index contributed by atoms with van der Waals surface area (Å²) in [5.74, 6) is 0. The van der Waals surface area contributed by atoms with E-state index in [4.69, 9.17) is 70.5 Å². The summed E-state index contributed by atoms with van der Waals surface area (Å²) >= 11 is 0.764. The first-order valence-corrected chi connectivity index (χ1v) is 22.5. The maximum atomic E-state index is 4.99. The molecule has 2 heterocycles. The molecule has 0 aliphatic carbocycles. The normalized spacial score (nSPS) is 12.3. The third kappa shape index (κ3) is 13.5. The fourth-order valence-electron chi connectivity index (χ4n) is 5.52. The van der Waals surface area contributed by atoms with Crippen LogP contribution < -0.4 is 0 Å². The Kier molecular flexibility index (Phi) is 18.7. The van der Waals surface area contributed by atoms with Gasteiger partial charge in [-0.3, -0.25) is 20.0 Å². The van der Waals surface area contributed by atoms with Crippen molar-refractivity contribution >= 4 is 86.2 Å². The maximum absolute atomic E-state index is 4.99. The van der Waals surface area contributed by atoms with Crippen molar-refractivity contribution < 1.29 is 25.8 Å². The zero-order valence-electron chi connectivity index (χ0n) is 31.9. The van der Waals surface area contributed by atoms with Gasteiger partial charge in [0.15, 0.2) is 0 Å². The standard InChI is InChI=1S/C42H44N6.4ClH.2Co/c1-25-17-19-35(27(3)21-25)43-31(7)37-13-11-15-39(47-37)33(9)45-41-23-30(6)42(24-29(41)5)46-34(10)40-16-12-14-38(48-40)32(8)44-36-20-18-26(2)22-28(36)4;;;;;;/h11-24H,1-10H3;4*1H;;/q;;;;;2*+2/p-4. The fourth-order valence-corrected chi connectivity index (χ4v) is 5.52. The van der Waals surface area contributed by atoms with Crippen LogP contribution in [-0.2, 0) is 25.8 Å². The molecule has 0 atom stereocenters. The van der Waals surface area contributed by atoms with Gasteiger partial charge in [0.05, 0.1) is 68.4 Å². The number of aromatic nitrogens is 2. The molecule has 0 aliphatic heterocycles. The molecule has 0 saturated heterocycles. The van der Waals surface area contributed by atoms with Gasteiger partial charge in [-0.2, -0.15) is 0 Å². The predicted molar refractivity (Wildman–Crippen MR) is 227 cm³/mol. The molecule has 0 spiro atoms. The third-order valence-corrected chi connectivity index (χ3v) is 8.35. The van der Waals surface area contributed by atoms with Crippen molar-refractivity contribution in [3.05, 3.63) is 141 Å². The summed E-state index contributed by atoms with van der Waals surface area (Å²) in [5.41, 5.74) is 17.2. The predicted octanol–water partition coefficient (Wildman–Crippen LogP) is 13.6. The van der Waals surface area contributed by atoms with E-state index in [1.165, 1.54) is 11.1 Å². The molecule has 0 N–H and O–H groups in total. The van der Waals surface area contributed by atoms with Crippen molar-refractivity contribution in [2.75, 3.05) is 0 Å². The Morgan fingerprint density at radius 1 is 0.407 bits per heavy atom. The average Bonchev–Trinajstić information content (AvgIpc) is 3.13. The summed E-state index contributed by atoms with van der Waals surface area (Å²) in [5, 5.41) is 0. The van der Waals surface area contributed by atoms with Gasteiger partial charge in [-0.05, 0) is 140 Å². The molecule has 6 nitrogen and oxygen atoms in total. The molecule has 0 aliphatic rings. The summed E-state index contributed by atoms with van der Waals surface area (Å²) in [6, 6.07) is 28.8. The summed E-state index contributed by atoms with van der Waals surface area (Å²) in [6.07, 6.45) is 0. The van der Waals surface area contributed by atoms with E-state index in [1.807, 2.05) is 64.1 Å². The topological polar surface area (TPSA) is 75.2 Å². The van der Waals surface area contributed by atoms with Gasteiger partial charge in [-0.25, -0.2) is 9.97 Å². The first-order chi connectivity index (χ1) is 25.7. The van der Waals surface area contributed by atoms with Crippen molar-refractivity contribution in [1.82, 2.24) is 9.97 Å². The van der Waals surface area contributed by atoms with Crippen LogP contribution in [-0.4, -0.2) is 32.8 Å². The van der Waals surface area contributed by atoms with Crippen LogP contribution in [0.5, 0.6) is 0 Å². The molecule has 2 aromatic heterocycles. The quantitative estimate of drug-likeness (QED) is 0.146. The van der Waals surface area contributed by atoms with Gasteiger partial charge in [0.1, 0.15) is 0 Å². The van der Waals surface area contributed by atoms with Crippen molar-refractivity contribution in [2.24, 2.45) is 20.0 Å². The fraction of sp³-hybridized carbons (Fsp3) is 0.238. The van der Waals surface area contributed by atoms with E-state index in [-0.39, 0.29) is 0 Å². The van der Waals surface area contributed by atoms with Crippen LogP contribution in [0.15, 0.2) is 105 Å². The number of aliphatic imine (C=N–C) groups is 4. The van der Waals surface area contributed by atoms with Gasteiger partial charge in [0.25, 0.3) is 0 Å². The van der Waals surface area contributed by atoms with E-state index in [0.29, 0.717) is 25.8 Å². The third-order valence-electron chi connectivity index (χ3n) is 8.35. The molecule has 0 amide bonds. The molecule has 0 fully saturated rings. The van der Waals surface area contributed by atoms with Gasteiger partial charge in [0.2, 0.25) is 0 Å². The molecule has 0 saturated carbocycles. The number of benzene rings is 3. The van der Waals surface area contributed by atoms with Crippen LogP contribution in [0.1, 0.15) is 83.9 Å². The Morgan fingerprint density at radius 2 is 0.667 bits per heavy atom. The van der Waals surface area contributed by atoms with E-state index in [1.54, 1.807) is 0 Å². The van der Waals surface area contributed by atoms with Gasteiger partial charge in [-0.1, -0.05) is 47.5 Å². The molecule has 5 rings (SSSR count). The number of hydrogen-bond acceptors (Lipinski definition) is 6. The zero-order valence-corrected chi connectivity index (χ0v) is 37.1. The SMILES string of the molecule is CC(=Nc1ccc(C)cc1C)c1cccc(C(C)=Nc2cc(C)c(N=C(C)c3cccc(C(C)=Nc4ccc(C)cc4C)n3)cc2C)n1.[Cl][Co][Cl].[Cl][Co][Cl]. The molecule has 3 aromatic carbocycles. The van der Waals surface area contributed by atoms with Gasteiger partial charge in [0, 0.05) is 0 Å². The minimum absolute atomic E-state index is 0.382. The zero-order chi connectivity index (χ0) is 39.9. The Bertz CT molecular complexity index is 2040. The number of rotatable bonds is 8. The number of pyridine rings is 2. The van der Waals surface area contributed by atoms with Crippen molar-refractivity contribution in [2.45, 2.75) is 69.2 Å². The first-order valence-electron chi connectivity index (χ1n) is 16.8. The van der Waals surface area contributed by atoms with Gasteiger partial charge < -0.3 is 0 Å². The monoisotopic (exact) mass is 890 g/mol. The van der Waals surface area contributed by atoms with E-state index < -0.39 is 0 Å². The van der Waals surface area contributed by atoms with Crippen LogP contribution in [0.2, 0.25) is 0 Å². The van der Waals surface area contributed by atoms with Crippen LogP contribution in [0.4, 0.5) is 22.7 Å². The van der Waals surface area contributed by atoms with E-state index >= 15 is 0 Å².